The zero-order valence-corrected chi connectivity index (χ0v) is 35.6. The molecule has 0 saturated heterocycles. The lowest BCUT2D eigenvalue weighted by Crippen LogP contribution is -2.14. The quantitative estimate of drug-likeness (QED) is 0.152. The van der Waals surface area contributed by atoms with E-state index in [9.17, 15) is 0 Å². The van der Waals surface area contributed by atoms with E-state index in [2.05, 4.69) is 213 Å². The van der Waals surface area contributed by atoms with Gasteiger partial charge in [-0.15, -0.1) is 10.2 Å². The van der Waals surface area contributed by atoms with Crippen LogP contribution in [0.2, 0.25) is 0 Å². The third kappa shape index (κ3) is 6.05. The third-order valence-electron chi connectivity index (χ3n) is 12.3. The normalized spacial score (nSPS) is 11.7. The summed E-state index contributed by atoms with van der Waals surface area (Å²) in [6.07, 6.45) is 0. The highest BCUT2D eigenvalue weighted by Gasteiger charge is 2.23. The molecule has 0 N–H and O–H groups in total. The van der Waals surface area contributed by atoms with E-state index in [0.29, 0.717) is 5.95 Å². The van der Waals surface area contributed by atoms with Crippen LogP contribution in [0.1, 0.15) is 0 Å². The molecule has 0 unspecified atom stereocenters. The maximum atomic E-state index is 5.36. The summed E-state index contributed by atoms with van der Waals surface area (Å²) < 4.78 is 4.67. The van der Waals surface area contributed by atoms with E-state index < -0.39 is 0 Å². The van der Waals surface area contributed by atoms with Crippen LogP contribution in [0.4, 0.5) is 34.5 Å². The number of hydrogen-bond donors (Lipinski definition) is 0. The fraction of sp³-hybridized carbons (Fsp3) is 0. The number of benzene rings is 8. The zero-order chi connectivity index (χ0) is 42.8. The van der Waals surface area contributed by atoms with Crippen molar-refractivity contribution >= 4 is 110 Å². The smallest absolute Gasteiger partial charge is 0.255 e. The summed E-state index contributed by atoms with van der Waals surface area (Å²) >= 11 is 1.53. The molecule has 306 valence electrons. The van der Waals surface area contributed by atoms with Crippen LogP contribution < -0.4 is 9.80 Å². The number of nitrogens with zero attached hydrogens (tertiary/aromatic N) is 8. The highest BCUT2D eigenvalue weighted by Crippen LogP contribution is 2.43. The van der Waals surface area contributed by atoms with Crippen LogP contribution in [0.25, 0.3) is 75.6 Å². The number of pyridine rings is 1. The number of aromatic nitrogens is 6. The first kappa shape index (κ1) is 36.9. The number of para-hydroxylation sites is 6. The lowest BCUT2D eigenvalue weighted by Gasteiger charge is -2.24. The molecule has 0 saturated carbocycles. The Morgan fingerprint density at radius 1 is 0.338 bits per heavy atom. The van der Waals surface area contributed by atoms with E-state index in [1.165, 1.54) is 27.5 Å². The van der Waals surface area contributed by atoms with Crippen molar-refractivity contribution in [1.82, 2.24) is 29.3 Å². The van der Waals surface area contributed by atoms with Crippen LogP contribution in [-0.4, -0.2) is 29.3 Å². The molecule has 13 rings (SSSR count). The molecule has 8 aromatic carbocycles. The van der Waals surface area contributed by atoms with E-state index in [1.807, 2.05) is 24.3 Å². The van der Waals surface area contributed by atoms with E-state index >= 15 is 0 Å². The Kier molecular flexibility index (Phi) is 8.53. The number of fused-ring (bicyclic) bond motifs is 9. The van der Waals surface area contributed by atoms with Crippen molar-refractivity contribution in [2.24, 2.45) is 0 Å². The molecule has 0 atom stereocenters. The average molecular weight is 853 g/mol. The Hall–Kier alpha value is -8.66. The molecule has 0 amide bonds. The molecule has 0 aliphatic heterocycles. The van der Waals surface area contributed by atoms with Crippen molar-refractivity contribution < 1.29 is 0 Å². The molecule has 9 heteroatoms. The van der Waals surface area contributed by atoms with Crippen LogP contribution in [-0.2, 0) is 0 Å². The third-order valence-corrected chi connectivity index (χ3v) is 13.2. The molecule has 0 aliphatic rings. The first-order valence-corrected chi connectivity index (χ1v) is 22.4. The number of hydrogen-bond acceptors (Lipinski definition) is 7. The van der Waals surface area contributed by atoms with Gasteiger partial charge in [-0.2, -0.15) is 4.98 Å². The van der Waals surface area contributed by atoms with E-state index in [4.69, 9.17) is 20.2 Å². The van der Waals surface area contributed by atoms with Gasteiger partial charge in [0.1, 0.15) is 16.2 Å². The second-order valence-electron chi connectivity index (χ2n) is 16.0. The Balaban J connectivity index is 0.936. The summed E-state index contributed by atoms with van der Waals surface area (Å²) in [5.74, 6) is 1.28. The maximum absolute atomic E-state index is 5.36. The Morgan fingerprint density at radius 2 is 0.815 bits per heavy atom. The second-order valence-corrected chi connectivity index (χ2v) is 17.0. The van der Waals surface area contributed by atoms with Crippen LogP contribution in [0.3, 0.4) is 0 Å². The first-order valence-electron chi connectivity index (χ1n) is 21.6. The number of anilines is 6. The van der Waals surface area contributed by atoms with Gasteiger partial charge < -0.3 is 9.13 Å². The van der Waals surface area contributed by atoms with Gasteiger partial charge in [0.2, 0.25) is 0 Å². The molecule has 5 heterocycles. The number of thiophene rings is 1. The first-order chi connectivity index (χ1) is 32.2. The minimum atomic E-state index is 0.482. The van der Waals surface area contributed by atoms with E-state index in [-0.39, 0.29) is 0 Å². The fourth-order valence-electron chi connectivity index (χ4n) is 9.40. The lowest BCUT2D eigenvalue weighted by atomic mass is 10.1. The molecule has 0 fully saturated rings. The minimum Gasteiger partial charge on any atom is -0.309 e. The van der Waals surface area contributed by atoms with Gasteiger partial charge in [0.05, 0.1) is 22.1 Å². The molecule has 0 aliphatic carbocycles. The molecular weight excluding hydrogens is 817 g/mol. The molecule has 8 nitrogen and oxygen atoms in total. The largest absolute Gasteiger partial charge is 0.309 e. The molecule has 13 aromatic rings. The van der Waals surface area contributed by atoms with Crippen molar-refractivity contribution in [1.29, 1.82) is 0 Å². The highest BCUT2D eigenvalue weighted by molar-refractivity contribution is 7.25. The second kappa shape index (κ2) is 15.0. The van der Waals surface area contributed by atoms with Gasteiger partial charge in [-0.3, -0.25) is 9.80 Å². The van der Waals surface area contributed by atoms with Gasteiger partial charge in [-0.05, 0) is 109 Å². The Bertz CT molecular complexity index is 3650. The maximum Gasteiger partial charge on any atom is 0.255 e. The Morgan fingerprint density at radius 3 is 1.38 bits per heavy atom. The predicted octanol–water partition coefficient (Wildman–Crippen LogP) is 14.8. The summed E-state index contributed by atoms with van der Waals surface area (Å²) in [6, 6.07) is 76.4. The van der Waals surface area contributed by atoms with Crippen molar-refractivity contribution in [3.05, 3.63) is 218 Å². The van der Waals surface area contributed by atoms with Gasteiger partial charge in [-0.25, -0.2) is 4.98 Å². The van der Waals surface area contributed by atoms with Crippen molar-refractivity contribution in [3.63, 3.8) is 0 Å². The standard InChI is InChI=1S/C56H36N8S/c1-5-17-37(18-6-1)61(41-29-32-50-46(35-41)43-25-13-15-27-48(43)63(50)39-21-9-3-10-22-39)52-34-31-45-53-55(65-54(45)57-52)58-56(60-59-53)62(38-19-7-2-8-20-38)42-30-33-51-47(36-42)44-26-14-16-28-49(44)64(51)40-23-11-4-12-24-40/h1-36H. The molecule has 5 aromatic heterocycles. The lowest BCUT2D eigenvalue weighted by molar-refractivity contribution is 0.994. The van der Waals surface area contributed by atoms with Gasteiger partial charge in [0.25, 0.3) is 5.95 Å². The molecule has 65 heavy (non-hydrogen) atoms. The topological polar surface area (TPSA) is 67.9 Å². The van der Waals surface area contributed by atoms with Gasteiger partial charge in [0.15, 0.2) is 4.83 Å². The summed E-state index contributed by atoms with van der Waals surface area (Å²) in [4.78, 5) is 16.5. The minimum absolute atomic E-state index is 0.482. The summed E-state index contributed by atoms with van der Waals surface area (Å²) in [5.41, 5.74) is 11.4. The zero-order valence-electron chi connectivity index (χ0n) is 34.8. The van der Waals surface area contributed by atoms with Crippen molar-refractivity contribution in [3.8, 4) is 11.4 Å². The monoisotopic (exact) mass is 852 g/mol. The van der Waals surface area contributed by atoms with Gasteiger partial charge in [-0.1, -0.05) is 121 Å². The SMILES string of the molecule is c1ccc(N(c2ccc3c(c2)c2ccccc2n3-c2ccccc2)c2ccc3c(n2)sc2nc(N(c4ccccc4)c4ccc5c(c4)c4ccccc4n5-c4ccccc4)nnc23)cc1. The van der Waals surface area contributed by atoms with Crippen LogP contribution in [0.15, 0.2) is 218 Å². The molecule has 0 radical (unpaired) electrons. The van der Waals surface area contributed by atoms with Crippen molar-refractivity contribution in [2.45, 2.75) is 0 Å². The predicted molar refractivity (Wildman–Crippen MR) is 269 cm³/mol. The van der Waals surface area contributed by atoms with Crippen LogP contribution >= 0.6 is 11.3 Å². The van der Waals surface area contributed by atoms with E-state index in [0.717, 1.165) is 88.0 Å². The number of rotatable bonds is 8. The van der Waals surface area contributed by atoms with Gasteiger partial charge >= 0.3 is 0 Å². The Labute approximate surface area is 377 Å². The van der Waals surface area contributed by atoms with E-state index in [1.54, 1.807) is 0 Å². The summed E-state index contributed by atoms with van der Waals surface area (Å²) in [7, 11) is 0. The average Bonchev–Trinajstić information content (AvgIpc) is 4.02. The molecular formula is C56H36N8S. The summed E-state index contributed by atoms with van der Waals surface area (Å²) in [5, 5.41) is 15.3. The van der Waals surface area contributed by atoms with Crippen LogP contribution in [0.5, 0.6) is 0 Å². The molecule has 0 spiro atoms. The van der Waals surface area contributed by atoms with Gasteiger partial charge in [0, 0.05) is 61.1 Å². The highest BCUT2D eigenvalue weighted by atomic mass is 32.1. The molecule has 0 bridgehead atoms. The van der Waals surface area contributed by atoms with Crippen molar-refractivity contribution in [2.75, 3.05) is 9.80 Å². The summed E-state index contributed by atoms with van der Waals surface area (Å²) in [6.45, 7) is 0. The van der Waals surface area contributed by atoms with Crippen LogP contribution in [0, 0.1) is 0 Å². The fourth-order valence-corrected chi connectivity index (χ4v) is 10.4.